The van der Waals surface area contributed by atoms with Gasteiger partial charge in [-0.2, -0.15) is 0 Å². The highest BCUT2D eigenvalue weighted by Gasteiger charge is 2.64. The molecule has 6 atom stereocenters. The molecule has 0 bridgehead atoms. The lowest BCUT2D eigenvalue weighted by molar-refractivity contribution is -0.223. The van der Waals surface area contributed by atoms with Crippen LogP contribution < -0.4 is 14.8 Å². The van der Waals surface area contributed by atoms with Crippen molar-refractivity contribution in [1.82, 2.24) is 0 Å². The summed E-state index contributed by atoms with van der Waals surface area (Å²) in [5, 5.41) is 27.4. The third kappa shape index (κ3) is 10.4. The number of benzene rings is 4. The number of nitrogens with zero attached hydrogens (tertiary/aromatic N) is 1. The normalized spacial score (nSPS) is 23.5. The summed E-state index contributed by atoms with van der Waals surface area (Å²) in [6.07, 6.45) is 9.63. The van der Waals surface area contributed by atoms with Crippen LogP contribution in [0.2, 0.25) is 0 Å². The maximum Gasteiger partial charge on any atom is 0.231 e. The Labute approximate surface area is 365 Å². The first-order valence-corrected chi connectivity index (χ1v) is 22.5. The Bertz CT molecular complexity index is 2170. The van der Waals surface area contributed by atoms with Gasteiger partial charge in [-0.05, 0) is 130 Å². The average molecular weight is 845 g/mol. The van der Waals surface area contributed by atoms with Gasteiger partial charge in [0.05, 0.1) is 23.5 Å². The van der Waals surface area contributed by atoms with Crippen molar-refractivity contribution in [1.29, 1.82) is 0 Å². The van der Waals surface area contributed by atoms with E-state index in [1.807, 2.05) is 87.5 Å². The molecular weight excluding hydrogens is 785 g/mol. The Kier molecular flexibility index (Phi) is 14.4. The van der Waals surface area contributed by atoms with E-state index in [0.717, 1.165) is 82.2 Å². The van der Waals surface area contributed by atoms with E-state index in [1.165, 1.54) is 6.92 Å². The molecule has 61 heavy (non-hydrogen) atoms. The second kappa shape index (κ2) is 19.9. The lowest BCUT2D eigenvalue weighted by atomic mass is 9.56. The molecule has 1 aliphatic heterocycles. The molecule has 3 aliphatic rings. The number of fused-ring (bicyclic) bond motifs is 2. The van der Waals surface area contributed by atoms with Gasteiger partial charge >= 0.3 is 0 Å². The minimum Gasteiger partial charge on any atom is -0.460 e. The number of carbonyl (C=O) groups excluding carboxylic acids is 1. The zero-order valence-corrected chi connectivity index (χ0v) is 36.7. The van der Waals surface area contributed by atoms with Crippen molar-refractivity contribution in [2.45, 2.75) is 100 Å². The third-order valence-electron chi connectivity index (χ3n) is 11.7. The van der Waals surface area contributed by atoms with Crippen molar-refractivity contribution < 1.29 is 34.1 Å². The Morgan fingerprint density at radius 2 is 1.61 bits per heavy atom. The van der Waals surface area contributed by atoms with Crippen LogP contribution in [0.5, 0.6) is 17.2 Å². The molecule has 0 saturated heterocycles. The maximum absolute atomic E-state index is 11.8. The zero-order chi connectivity index (χ0) is 43.0. The molecule has 10 heteroatoms. The van der Waals surface area contributed by atoms with E-state index in [-0.39, 0.29) is 54.6 Å². The summed E-state index contributed by atoms with van der Waals surface area (Å²) in [4.78, 5) is 19.1. The van der Waals surface area contributed by atoms with Gasteiger partial charge in [0, 0.05) is 48.6 Å². The molecule has 1 heterocycles. The molecule has 0 radical (unpaired) electrons. The lowest BCUT2D eigenvalue weighted by Crippen LogP contribution is -2.64. The van der Waals surface area contributed by atoms with Crippen LogP contribution in [0.1, 0.15) is 84.1 Å². The first-order chi connectivity index (χ1) is 29.5. The first kappa shape index (κ1) is 44.2. The summed E-state index contributed by atoms with van der Waals surface area (Å²) in [6, 6.07) is 32.5. The summed E-state index contributed by atoms with van der Waals surface area (Å²) in [5.41, 5.74) is 5.45. The Hall–Kier alpha value is -4.87. The van der Waals surface area contributed by atoms with Gasteiger partial charge in [-0.15, -0.1) is 18.3 Å². The van der Waals surface area contributed by atoms with Crippen molar-refractivity contribution in [3.8, 4) is 28.4 Å². The predicted octanol–water partition coefficient (Wildman–Crippen LogP) is 11.3. The number of hydrogen-bond acceptors (Lipinski definition) is 9. The highest BCUT2D eigenvalue weighted by Crippen LogP contribution is 2.63. The van der Waals surface area contributed by atoms with Crippen LogP contribution in [0.3, 0.4) is 0 Å². The Morgan fingerprint density at radius 1 is 0.918 bits per heavy atom. The smallest absolute Gasteiger partial charge is 0.231 e. The number of aliphatic hydroxyl groups is 2. The van der Waals surface area contributed by atoms with E-state index in [9.17, 15) is 15.0 Å². The van der Waals surface area contributed by atoms with Crippen molar-refractivity contribution in [3.05, 3.63) is 127 Å². The molecule has 2 aliphatic carbocycles. The highest BCUT2D eigenvalue weighted by molar-refractivity contribution is 8.00. The molecule has 4 aromatic carbocycles. The van der Waals surface area contributed by atoms with Gasteiger partial charge < -0.3 is 34.6 Å². The number of amides is 1. The van der Waals surface area contributed by atoms with Crippen LogP contribution in [0.15, 0.2) is 131 Å². The summed E-state index contributed by atoms with van der Waals surface area (Å²) < 4.78 is 21.1. The molecule has 1 saturated carbocycles. The topological polar surface area (TPSA) is 119 Å². The molecule has 0 aromatic heterocycles. The van der Waals surface area contributed by atoms with Crippen LogP contribution in [0, 0.1) is 17.8 Å². The quantitative estimate of drug-likeness (QED) is 0.0515. The van der Waals surface area contributed by atoms with E-state index in [4.69, 9.17) is 24.2 Å². The van der Waals surface area contributed by atoms with Crippen molar-refractivity contribution in [2.24, 2.45) is 22.9 Å². The molecule has 0 spiro atoms. The fourth-order valence-electron chi connectivity index (χ4n) is 9.15. The van der Waals surface area contributed by atoms with Gasteiger partial charge in [-0.3, -0.25) is 4.79 Å². The number of allylic oxidation sites excluding steroid dienone is 1. The molecule has 9 nitrogen and oxygen atoms in total. The fourth-order valence-corrected chi connectivity index (χ4v) is 10.4. The number of anilines is 1. The number of rotatable bonds is 18. The highest BCUT2D eigenvalue weighted by atomic mass is 32.2. The second-order valence-corrected chi connectivity index (χ2v) is 18.5. The molecule has 0 unspecified atom stereocenters. The third-order valence-corrected chi connectivity index (χ3v) is 13.0. The molecule has 4 aromatic rings. The second-order valence-electron chi connectivity index (χ2n) is 17.3. The van der Waals surface area contributed by atoms with Crippen LogP contribution in [-0.2, 0) is 14.4 Å². The van der Waals surface area contributed by atoms with Gasteiger partial charge in [0.25, 0.3) is 0 Å². The predicted molar refractivity (Wildman–Crippen MR) is 244 cm³/mol. The maximum atomic E-state index is 11.8. The SMILES string of the molecule is C=CCO[C@@]12Oc3ccc(Oc4ccc(-c5ccccc5)cc4)cc3[C@H]3[C@H](CCCCO)[C@@H](CCCCO)C=C(C(=NOC(C)(C)C)C[C@@H]1Sc1ccc(NC(C)=O)cc1)[C@H]32. The summed E-state index contributed by atoms with van der Waals surface area (Å²) in [6.45, 7) is 12.1. The number of oxime groups is 1. The number of thioether (sulfide) groups is 1. The van der Waals surface area contributed by atoms with E-state index in [0.29, 0.717) is 18.6 Å². The summed E-state index contributed by atoms with van der Waals surface area (Å²) in [5.74, 6) is 0.864. The number of hydrogen-bond donors (Lipinski definition) is 3. The van der Waals surface area contributed by atoms with E-state index < -0.39 is 11.4 Å². The van der Waals surface area contributed by atoms with Gasteiger partial charge in [0.15, 0.2) is 0 Å². The molecule has 3 N–H and O–H groups in total. The zero-order valence-electron chi connectivity index (χ0n) is 35.8. The summed E-state index contributed by atoms with van der Waals surface area (Å²) >= 11 is 1.68. The molecule has 322 valence electrons. The van der Waals surface area contributed by atoms with E-state index in [1.54, 1.807) is 17.8 Å². The minimum atomic E-state index is -1.14. The summed E-state index contributed by atoms with van der Waals surface area (Å²) in [7, 11) is 0. The molecular formula is C51H60N2O7S. The lowest BCUT2D eigenvalue weighted by Gasteiger charge is -2.58. The number of aliphatic hydroxyl groups excluding tert-OH is 2. The van der Waals surface area contributed by atoms with Gasteiger partial charge in [-0.1, -0.05) is 72.6 Å². The monoisotopic (exact) mass is 844 g/mol. The van der Waals surface area contributed by atoms with Gasteiger partial charge in [-0.25, -0.2) is 0 Å². The molecule has 1 fully saturated rings. The van der Waals surface area contributed by atoms with Gasteiger partial charge in [0.2, 0.25) is 11.7 Å². The minimum absolute atomic E-state index is 0.0826. The number of carbonyl (C=O) groups is 1. The van der Waals surface area contributed by atoms with Crippen LogP contribution in [0.25, 0.3) is 11.1 Å². The Balaban J connectivity index is 1.37. The number of unbranched alkanes of at least 4 members (excludes halogenated alkanes) is 2. The van der Waals surface area contributed by atoms with Crippen molar-refractivity contribution >= 4 is 29.1 Å². The van der Waals surface area contributed by atoms with Crippen molar-refractivity contribution in [3.63, 3.8) is 0 Å². The van der Waals surface area contributed by atoms with Crippen molar-refractivity contribution in [2.75, 3.05) is 25.1 Å². The number of nitrogens with one attached hydrogen (secondary N) is 1. The largest absolute Gasteiger partial charge is 0.460 e. The van der Waals surface area contributed by atoms with Crippen LogP contribution in [0.4, 0.5) is 5.69 Å². The fraction of sp³-hybridized carbons (Fsp3) is 0.412. The Morgan fingerprint density at radius 3 is 2.28 bits per heavy atom. The first-order valence-electron chi connectivity index (χ1n) is 21.7. The van der Waals surface area contributed by atoms with Crippen LogP contribution in [-0.4, -0.2) is 58.3 Å². The molecule has 1 amide bonds. The molecule has 7 rings (SSSR count). The van der Waals surface area contributed by atoms with E-state index >= 15 is 0 Å². The van der Waals surface area contributed by atoms with Crippen LogP contribution >= 0.6 is 11.8 Å². The number of ether oxygens (including phenoxy) is 3. The van der Waals surface area contributed by atoms with E-state index in [2.05, 4.69) is 48.3 Å². The standard InChI is InChI=1S/C51H60N2O7S/c1-6-30-57-51-47(61-41-25-20-38(21-26-41)52-34(2)56)33-45(53-60-50(3,4)5)43-31-37(16-10-12-28-54)42(17-11-13-29-55)48(49(43)51)44-32-40(24-27-46(44)59-51)58-39-22-18-36(19-23-39)35-14-8-7-9-15-35/h6-9,14-15,18-27,31-32,37,42,47-49,54-55H,1,10-13,16-17,28-30,33H2,2-5H3,(H,52,56)/t37-,42+,47-,48+,49+,51+/m0/s1. The average Bonchev–Trinajstić information content (AvgIpc) is 3.25. The van der Waals surface area contributed by atoms with Gasteiger partial charge in [0.1, 0.15) is 22.8 Å².